The molecule has 0 unspecified atom stereocenters. The monoisotopic (exact) mass is 262 g/mol. The second kappa shape index (κ2) is 4.52. The van der Waals surface area contributed by atoms with Crippen LogP contribution in [0.1, 0.15) is 44.9 Å². The first kappa shape index (κ1) is 13.3. The maximum atomic E-state index is 6.27. The average molecular weight is 263 g/mol. The Labute approximate surface area is 113 Å². The number of para-hydroxylation sites is 1. The van der Waals surface area contributed by atoms with E-state index >= 15 is 0 Å². The minimum atomic E-state index is -0.407. The Balaban J connectivity index is 2.86. The molecule has 96 valence electrons. The molecule has 3 heteroatoms. The van der Waals surface area contributed by atoms with Crippen molar-refractivity contribution in [3.8, 4) is 0 Å². The molecule has 2 aromatic rings. The van der Waals surface area contributed by atoms with Crippen LogP contribution >= 0.6 is 11.6 Å². The smallest absolute Gasteiger partial charge is 0.0895 e. The summed E-state index contributed by atoms with van der Waals surface area (Å²) < 4.78 is 0. The third-order valence-electron chi connectivity index (χ3n) is 3.10. The molecular formula is C15H19ClN2. The molecule has 0 aliphatic heterocycles. The van der Waals surface area contributed by atoms with Gasteiger partial charge in [-0.15, -0.1) is 0 Å². The molecule has 0 fully saturated rings. The van der Waals surface area contributed by atoms with Crippen LogP contribution in [0.2, 0.25) is 5.02 Å². The highest BCUT2D eigenvalue weighted by molar-refractivity contribution is 6.35. The molecule has 0 saturated heterocycles. The van der Waals surface area contributed by atoms with E-state index in [0.717, 1.165) is 22.2 Å². The highest BCUT2D eigenvalue weighted by atomic mass is 35.5. The second-order valence-corrected chi connectivity index (χ2v) is 6.01. The largest absolute Gasteiger partial charge is 0.322 e. The summed E-state index contributed by atoms with van der Waals surface area (Å²) in [7, 11) is 0. The van der Waals surface area contributed by atoms with Crippen molar-refractivity contribution in [2.75, 3.05) is 0 Å². The van der Waals surface area contributed by atoms with Crippen LogP contribution < -0.4 is 5.73 Å². The quantitative estimate of drug-likeness (QED) is 0.881. The predicted octanol–water partition coefficient (Wildman–Crippen LogP) is 4.21. The van der Waals surface area contributed by atoms with Crippen molar-refractivity contribution in [3.63, 3.8) is 0 Å². The van der Waals surface area contributed by atoms with Crippen molar-refractivity contribution < 1.29 is 0 Å². The molecular weight excluding hydrogens is 244 g/mol. The maximum absolute atomic E-state index is 6.27. The van der Waals surface area contributed by atoms with Crippen molar-refractivity contribution in [2.24, 2.45) is 5.73 Å². The van der Waals surface area contributed by atoms with E-state index in [1.165, 1.54) is 0 Å². The fraction of sp³-hybridized carbons (Fsp3) is 0.400. The number of halogens is 1. The molecule has 0 radical (unpaired) electrons. The fourth-order valence-corrected chi connectivity index (χ4v) is 2.28. The molecule has 0 aliphatic carbocycles. The molecule has 2 nitrogen and oxygen atoms in total. The van der Waals surface area contributed by atoms with Crippen LogP contribution in [0, 0.1) is 0 Å². The van der Waals surface area contributed by atoms with Crippen molar-refractivity contribution in [1.29, 1.82) is 0 Å². The van der Waals surface area contributed by atoms with Crippen LogP contribution in [0.25, 0.3) is 10.9 Å². The molecule has 0 amide bonds. The van der Waals surface area contributed by atoms with Crippen molar-refractivity contribution >= 4 is 22.5 Å². The normalized spacial score (nSPS) is 12.4. The minimum absolute atomic E-state index is 0.353. The van der Waals surface area contributed by atoms with E-state index in [4.69, 9.17) is 17.3 Å². The molecule has 0 bridgehead atoms. The first-order valence-corrected chi connectivity index (χ1v) is 6.57. The number of aromatic nitrogens is 1. The van der Waals surface area contributed by atoms with Gasteiger partial charge in [0.25, 0.3) is 0 Å². The van der Waals surface area contributed by atoms with E-state index < -0.39 is 5.54 Å². The number of fused-ring (bicyclic) bond motifs is 1. The molecule has 18 heavy (non-hydrogen) atoms. The molecule has 0 spiro atoms. The Morgan fingerprint density at radius 1 is 1.28 bits per heavy atom. The average Bonchev–Trinajstić information content (AvgIpc) is 2.27. The summed E-state index contributed by atoms with van der Waals surface area (Å²) in [6.07, 6.45) is 0. The van der Waals surface area contributed by atoms with E-state index in [1.807, 2.05) is 32.0 Å². The minimum Gasteiger partial charge on any atom is -0.322 e. The van der Waals surface area contributed by atoms with Crippen LogP contribution in [0.3, 0.4) is 0 Å². The molecule has 1 heterocycles. The van der Waals surface area contributed by atoms with Gasteiger partial charge in [-0.05, 0) is 37.5 Å². The topological polar surface area (TPSA) is 38.9 Å². The Hall–Kier alpha value is -1.12. The molecule has 0 saturated carbocycles. The van der Waals surface area contributed by atoms with Gasteiger partial charge < -0.3 is 5.73 Å². The first-order chi connectivity index (χ1) is 8.30. The summed E-state index contributed by atoms with van der Waals surface area (Å²) in [5.74, 6) is 0.353. The summed E-state index contributed by atoms with van der Waals surface area (Å²) in [6, 6.07) is 7.94. The lowest BCUT2D eigenvalue weighted by molar-refractivity contribution is 0.557. The third-order valence-corrected chi connectivity index (χ3v) is 3.40. The number of hydrogen-bond donors (Lipinski definition) is 1. The fourth-order valence-electron chi connectivity index (χ4n) is 2.06. The SMILES string of the molecule is CC(C)c1cc(C(C)(C)N)c2cccc(Cl)c2n1. The van der Waals surface area contributed by atoms with Gasteiger partial charge in [-0.2, -0.15) is 0 Å². The Bertz CT molecular complexity index is 583. The van der Waals surface area contributed by atoms with Gasteiger partial charge in [0.15, 0.2) is 0 Å². The third kappa shape index (κ3) is 2.36. The lowest BCUT2D eigenvalue weighted by Gasteiger charge is -2.23. The van der Waals surface area contributed by atoms with E-state index in [2.05, 4.69) is 24.9 Å². The number of rotatable bonds is 2. The van der Waals surface area contributed by atoms with Gasteiger partial charge in [-0.1, -0.05) is 37.6 Å². The van der Waals surface area contributed by atoms with Crippen LogP contribution in [-0.4, -0.2) is 4.98 Å². The molecule has 0 atom stereocenters. The molecule has 0 aliphatic rings. The van der Waals surface area contributed by atoms with Crippen molar-refractivity contribution in [1.82, 2.24) is 4.98 Å². The van der Waals surface area contributed by atoms with E-state index in [9.17, 15) is 0 Å². The number of nitrogens with two attached hydrogens (primary N) is 1. The van der Waals surface area contributed by atoms with Gasteiger partial charge in [0, 0.05) is 16.6 Å². The van der Waals surface area contributed by atoms with Gasteiger partial charge >= 0.3 is 0 Å². The number of pyridine rings is 1. The highest BCUT2D eigenvalue weighted by Gasteiger charge is 2.20. The van der Waals surface area contributed by atoms with Gasteiger partial charge in [-0.25, -0.2) is 0 Å². The second-order valence-electron chi connectivity index (χ2n) is 5.61. The predicted molar refractivity (Wildman–Crippen MR) is 78.1 cm³/mol. The summed E-state index contributed by atoms with van der Waals surface area (Å²) in [4.78, 5) is 4.66. The molecule has 1 aromatic heterocycles. The van der Waals surface area contributed by atoms with Crippen LogP contribution in [0.15, 0.2) is 24.3 Å². The maximum Gasteiger partial charge on any atom is 0.0895 e. The summed E-state index contributed by atoms with van der Waals surface area (Å²) in [6.45, 7) is 8.26. The zero-order valence-electron chi connectivity index (χ0n) is 11.3. The number of nitrogens with zero attached hydrogens (tertiary/aromatic N) is 1. The van der Waals surface area contributed by atoms with Crippen molar-refractivity contribution in [3.05, 3.63) is 40.5 Å². The van der Waals surface area contributed by atoms with E-state index in [0.29, 0.717) is 10.9 Å². The van der Waals surface area contributed by atoms with Gasteiger partial charge in [0.2, 0.25) is 0 Å². The zero-order chi connectivity index (χ0) is 13.5. The Morgan fingerprint density at radius 3 is 2.50 bits per heavy atom. The van der Waals surface area contributed by atoms with Crippen LogP contribution in [-0.2, 0) is 5.54 Å². The summed E-state index contributed by atoms with van der Waals surface area (Å²) >= 11 is 6.25. The van der Waals surface area contributed by atoms with Crippen LogP contribution in [0.4, 0.5) is 0 Å². The van der Waals surface area contributed by atoms with E-state index in [1.54, 1.807) is 0 Å². The zero-order valence-corrected chi connectivity index (χ0v) is 12.0. The molecule has 2 N–H and O–H groups in total. The Kier molecular flexibility index (Phi) is 3.35. The van der Waals surface area contributed by atoms with Gasteiger partial charge in [0.05, 0.1) is 10.5 Å². The van der Waals surface area contributed by atoms with Gasteiger partial charge in [0.1, 0.15) is 0 Å². The lowest BCUT2D eigenvalue weighted by Crippen LogP contribution is -2.29. The number of benzene rings is 1. The van der Waals surface area contributed by atoms with Crippen LogP contribution in [0.5, 0.6) is 0 Å². The summed E-state index contributed by atoms with van der Waals surface area (Å²) in [5, 5.41) is 1.72. The Morgan fingerprint density at radius 2 is 1.94 bits per heavy atom. The van der Waals surface area contributed by atoms with Gasteiger partial charge in [-0.3, -0.25) is 4.98 Å². The lowest BCUT2D eigenvalue weighted by atomic mass is 9.90. The standard InChI is InChI=1S/C15H19ClN2/c1-9(2)13-8-11(15(3,4)17)10-6-5-7-12(16)14(10)18-13/h5-9H,17H2,1-4H3. The van der Waals surface area contributed by atoms with E-state index in [-0.39, 0.29) is 0 Å². The molecule has 2 rings (SSSR count). The summed E-state index contributed by atoms with van der Waals surface area (Å²) in [5.41, 5.74) is 8.84. The van der Waals surface area contributed by atoms with Crippen molar-refractivity contribution in [2.45, 2.75) is 39.2 Å². The highest BCUT2D eigenvalue weighted by Crippen LogP contribution is 2.32. The number of hydrogen-bond acceptors (Lipinski definition) is 2. The first-order valence-electron chi connectivity index (χ1n) is 6.19. The molecule has 1 aromatic carbocycles.